The maximum Gasteiger partial charge on any atom is 0.191 e. The van der Waals surface area contributed by atoms with E-state index in [0.29, 0.717) is 19.7 Å². The molecule has 2 aromatic carbocycles. The molecule has 3 rings (SSSR count). The van der Waals surface area contributed by atoms with Crippen LogP contribution >= 0.6 is 24.0 Å². The van der Waals surface area contributed by atoms with Crippen LogP contribution in [-0.4, -0.2) is 29.2 Å². The lowest BCUT2D eigenvalue weighted by molar-refractivity contribution is 0.336. The summed E-state index contributed by atoms with van der Waals surface area (Å²) in [6, 6.07) is 16.6. The standard InChI is InChI=1S/C22H27N5O.HI/c1-3-28-21-7-5-4-6-20(21)15-26-22(23-2)25-14-18-8-10-19(11-9-18)16-27-13-12-24-17-27;/h4-13,17H,3,14-16H2,1-2H3,(H2,23,25,26);1H. The van der Waals surface area contributed by atoms with Crippen molar-refractivity contribution in [2.24, 2.45) is 4.99 Å². The molecule has 0 aliphatic carbocycles. The molecule has 0 bridgehead atoms. The number of benzene rings is 2. The maximum absolute atomic E-state index is 5.67. The average Bonchev–Trinajstić information content (AvgIpc) is 3.23. The van der Waals surface area contributed by atoms with Crippen molar-refractivity contribution in [1.82, 2.24) is 20.2 Å². The van der Waals surface area contributed by atoms with Crippen molar-refractivity contribution in [1.29, 1.82) is 0 Å². The molecule has 0 atom stereocenters. The van der Waals surface area contributed by atoms with Crippen LogP contribution in [0.15, 0.2) is 72.2 Å². The number of para-hydroxylation sites is 1. The maximum atomic E-state index is 5.67. The highest BCUT2D eigenvalue weighted by molar-refractivity contribution is 14.0. The van der Waals surface area contributed by atoms with E-state index in [1.807, 2.05) is 37.6 Å². The van der Waals surface area contributed by atoms with Crippen molar-refractivity contribution in [2.45, 2.75) is 26.6 Å². The topological polar surface area (TPSA) is 63.5 Å². The third kappa shape index (κ3) is 7.08. The zero-order valence-electron chi connectivity index (χ0n) is 16.8. The summed E-state index contributed by atoms with van der Waals surface area (Å²) in [5.74, 6) is 1.66. The van der Waals surface area contributed by atoms with E-state index in [1.54, 1.807) is 13.2 Å². The van der Waals surface area contributed by atoms with E-state index in [9.17, 15) is 0 Å². The van der Waals surface area contributed by atoms with E-state index in [-0.39, 0.29) is 24.0 Å². The highest BCUT2D eigenvalue weighted by atomic mass is 127. The summed E-state index contributed by atoms with van der Waals surface area (Å²) >= 11 is 0. The number of guanidine groups is 1. The second kappa shape index (κ2) is 12.1. The van der Waals surface area contributed by atoms with Crippen molar-refractivity contribution in [3.63, 3.8) is 0 Å². The van der Waals surface area contributed by atoms with Gasteiger partial charge in [0, 0.05) is 44.6 Å². The molecular formula is C22H28IN5O. The minimum Gasteiger partial charge on any atom is -0.494 e. The Morgan fingerprint density at radius 3 is 2.45 bits per heavy atom. The van der Waals surface area contributed by atoms with Crippen LogP contribution in [-0.2, 0) is 19.6 Å². The van der Waals surface area contributed by atoms with E-state index in [4.69, 9.17) is 4.74 Å². The predicted molar refractivity (Wildman–Crippen MR) is 128 cm³/mol. The third-order valence-corrected chi connectivity index (χ3v) is 4.35. The van der Waals surface area contributed by atoms with Crippen molar-refractivity contribution in [2.75, 3.05) is 13.7 Å². The fourth-order valence-corrected chi connectivity index (χ4v) is 2.89. The summed E-state index contributed by atoms with van der Waals surface area (Å²) in [4.78, 5) is 8.38. The molecule has 1 aromatic heterocycles. The van der Waals surface area contributed by atoms with Crippen LogP contribution in [0.25, 0.3) is 0 Å². The number of aromatic nitrogens is 2. The molecule has 0 amide bonds. The van der Waals surface area contributed by atoms with Crippen LogP contribution in [0.2, 0.25) is 0 Å². The quantitative estimate of drug-likeness (QED) is 0.278. The Hall–Kier alpha value is -2.55. The van der Waals surface area contributed by atoms with Crippen LogP contribution in [0.1, 0.15) is 23.6 Å². The van der Waals surface area contributed by atoms with E-state index >= 15 is 0 Å². The summed E-state index contributed by atoms with van der Waals surface area (Å²) in [5.41, 5.74) is 3.56. The lowest BCUT2D eigenvalue weighted by Crippen LogP contribution is -2.36. The number of rotatable bonds is 8. The summed E-state index contributed by atoms with van der Waals surface area (Å²) in [7, 11) is 1.78. The van der Waals surface area contributed by atoms with E-state index in [1.165, 1.54) is 11.1 Å². The molecule has 0 aliphatic rings. The molecule has 0 saturated heterocycles. The highest BCUT2D eigenvalue weighted by Gasteiger charge is 2.04. The minimum atomic E-state index is 0. The van der Waals surface area contributed by atoms with Gasteiger partial charge in [-0.3, -0.25) is 4.99 Å². The van der Waals surface area contributed by atoms with Gasteiger partial charge in [0.15, 0.2) is 5.96 Å². The zero-order chi connectivity index (χ0) is 19.6. The number of aliphatic imine (C=N–C) groups is 1. The van der Waals surface area contributed by atoms with Gasteiger partial charge >= 0.3 is 0 Å². The molecule has 0 spiro atoms. The molecule has 6 nitrogen and oxygen atoms in total. The lowest BCUT2D eigenvalue weighted by atomic mass is 10.1. The first-order valence-electron chi connectivity index (χ1n) is 9.47. The number of halogens is 1. The first-order chi connectivity index (χ1) is 13.8. The SMILES string of the molecule is CCOc1ccccc1CNC(=NC)NCc1ccc(Cn2ccnc2)cc1.I. The molecule has 154 valence electrons. The normalized spacial score (nSPS) is 10.9. The fourth-order valence-electron chi connectivity index (χ4n) is 2.89. The summed E-state index contributed by atoms with van der Waals surface area (Å²) in [5, 5.41) is 6.70. The molecule has 7 heteroatoms. The van der Waals surface area contributed by atoms with Gasteiger partial charge in [-0.2, -0.15) is 0 Å². The summed E-state index contributed by atoms with van der Waals surface area (Å²) < 4.78 is 7.73. The Morgan fingerprint density at radius 1 is 1.03 bits per heavy atom. The number of nitrogens with one attached hydrogen (secondary N) is 2. The van der Waals surface area contributed by atoms with Crippen LogP contribution in [0.5, 0.6) is 5.75 Å². The Bertz CT molecular complexity index is 878. The number of imidazole rings is 1. The molecule has 0 saturated carbocycles. The molecule has 0 aliphatic heterocycles. The number of nitrogens with zero attached hydrogens (tertiary/aromatic N) is 3. The number of hydrogen-bond donors (Lipinski definition) is 2. The van der Waals surface area contributed by atoms with E-state index in [2.05, 4.69) is 55.5 Å². The molecule has 29 heavy (non-hydrogen) atoms. The van der Waals surface area contributed by atoms with Gasteiger partial charge in [-0.25, -0.2) is 4.98 Å². The molecule has 1 heterocycles. The predicted octanol–water partition coefficient (Wildman–Crippen LogP) is 3.81. The molecule has 0 radical (unpaired) electrons. The number of hydrogen-bond acceptors (Lipinski definition) is 3. The monoisotopic (exact) mass is 505 g/mol. The van der Waals surface area contributed by atoms with E-state index in [0.717, 1.165) is 23.8 Å². The second-order valence-corrected chi connectivity index (χ2v) is 6.37. The Labute approximate surface area is 189 Å². The molecule has 2 N–H and O–H groups in total. The van der Waals surface area contributed by atoms with Gasteiger partial charge in [0.2, 0.25) is 0 Å². The largest absolute Gasteiger partial charge is 0.494 e. The van der Waals surface area contributed by atoms with Gasteiger partial charge in [-0.15, -0.1) is 24.0 Å². The number of ether oxygens (including phenoxy) is 1. The zero-order valence-corrected chi connectivity index (χ0v) is 19.2. The van der Waals surface area contributed by atoms with Crippen LogP contribution in [0.4, 0.5) is 0 Å². The van der Waals surface area contributed by atoms with E-state index < -0.39 is 0 Å². The molecule has 3 aromatic rings. The first kappa shape index (κ1) is 22.7. The van der Waals surface area contributed by atoms with Gasteiger partial charge in [0.05, 0.1) is 12.9 Å². The first-order valence-corrected chi connectivity index (χ1v) is 9.47. The fraction of sp³-hybridized carbons (Fsp3) is 0.273. The van der Waals surface area contributed by atoms with Gasteiger partial charge < -0.3 is 19.9 Å². The Morgan fingerprint density at radius 2 is 1.76 bits per heavy atom. The van der Waals surface area contributed by atoms with Gasteiger partial charge in [0.1, 0.15) is 5.75 Å². The Balaban J connectivity index is 0.00000300. The van der Waals surface area contributed by atoms with Crippen LogP contribution in [0, 0.1) is 0 Å². The van der Waals surface area contributed by atoms with Gasteiger partial charge in [-0.1, -0.05) is 42.5 Å². The minimum absolute atomic E-state index is 0. The second-order valence-electron chi connectivity index (χ2n) is 6.37. The molecule has 0 fully saturated rings. The van der Waals surface area contributed by atoms with Gasteiger partial charge in [-0.05, 0) is 24.1 Å². The van der Waals surface area contributed by atoms with Crippen molar-refractivity contribution < 1.29 is 4.74 Å². The van der Waals surface area contributed by atoms with Gasteiger partial charge in [0.25, 0.3) is 0 Å². The van der Waals surface area contributed by atoms with Crippen molar-refractivity contribution in [3.05, 3.63) is 83.9 Å². The Kier molecular flexibility index (Phi) is 9.49. The van der Waals surface area contributed by atoms with Crippen molar-refractivity contribution in [3.8, 4) is 5.75 Å². The van der Waals surface area contributed by atoms with Crippen LogP contribution < -0.4 is 15.4 Å². The van der Waals surface area contributed by atoms with Crippen LogP contribution in [0.3, 0.4) is 0 Å². The highest BCUT2D eigenvalue weighted by Crippen LogP contribution is 2.17. The molecule has 0 unspecified atom stereocenters. The smallest absolute Gasteiger partial charge is 0.191 e. The van der Waals surface area contributed by atoms with Crippen molar-refractivity contribution >= 4 is 29.9 Å². The summed E-state index contributed by atoms with van der Waals surface area (Å²) in [6.07, 6.45) is 5.59. The summed E-state index contributed by atoms with van der Waals surface area (Å²) in [6.45, 7) is 4.83. The average molecular weight is 505 g/mol. The lowest BCUT2D eigenvalue weighted by Gasteiger charge is -2.14. The third-order valence-electron chi connectivity index (χ3n) is 4.35. The molecular weight excluding hydrogens is 477 g/mol.